The summed E-state index contributed by atoms with van der Waals surface area (Å²) in [5, 5.41) is 6.79. The number of carbonyl (C=O) groups excluding carboxylic acids is 1. The molecule has 6 heteroatoms. The Labute approximate surface area is 104 Å². The molecule has 0 aliphatic carbocycles. The molecule has 5 nitrogen and oxygen atoms in total. The second-order valence-corrected chi connectivity index (χ2v) is 3.72. The van der Waals surface area contributed by atoms with Crippen molar-refractivity contribution in [2.75, 3.05) is 16.8 Å². The number of para-hydroxylation sites is 1. The topological polar surface area (TPSA) is 72.9 Å². The Balaban J connectivity index is 2.39. The third kappa shape index (κ3) is 2.42. The molecule has 0 aliphatic rings. The quantitative estimate of drug-likeness (QED) is 0.717. The molecule has 0 saturated heterocycles. The fourth-order valence-corrected chi connectivity index (χ4v) is 1.50. The third-order valence-electron chi connectivity index (χ3n) is 2.20. The Kier molecular flexibility index (Phi) is 3.34. The molecule has 2 rings (SSSR count). The maximum Gasteiger partial charge on any atom is 0.235 e. The van der Waals surface area contributed by atoms with Gasteiger partial charge in [-0.3, -0.25) is 4.79 Å². The van der Waals surface area contributed by atoms with Crippen LogP contribution in [0.15, 0.2) is 36.5 Å². The van der Waals surface area contributed by atoms with Crippen LogP contribution in [-0.4, -0.2) is 21.4 Å². The van der Waals surface area contributed by atoms with Crippen LogP contribution in [0.1, 0.15) is 0 Å². The number of nitrogen functional groups attached to an aromatic ring is 1. The molecule has 17 heavy (non-hydrogen) atoms. The van der Waals surface area contributed by atoms with E-state index in [9.17, 15) is 4.79 Å². The predicted molar refractivity (Wildman–Crippen MR) is 70.5 cm³/mol. The van der Waals surface area contributed by atoms with E-state index >= 15 is 0 Å². The fraction of sp³-hybridized carbons (Fsp3) is 0.0909. The SMILES string of the molecule is Nc1cnn(-c2ccccc2)c1NC(=O)CS. The van der Waals surface area contributed by atoms with Gasteiger partial charge in [-0.05, 0) is 12.1 Å². The Bertz CT molecular complexity index is 524. The van der Waals surface area contributed by atoms with Gasteiger partial charge < -0.3 is 11.1 Å². The summed E-state index contributed by atoms with van der Waals surface area (Å²) in [4.78, 5) is 11.3. The smallest absolute Gasteiger partial charge is 0.235 e. The van der Waals surface area contributed by atoms with Crippen LogP contribution in [0, 0.1) is 0 Å². The van der Waals surface area contributed by atoms with E-state index in [1.807, 2.05) is 30.3 Å². The second-order valence-electron chi connectivity index (χ2n) is 3.40. The molecule has 0 radical (unpaired) electrons. The molecule has 0 aliphatic heterocycles. The molecule has 0 saturated carbocycles. The van der Waals surface area contributed by atoms with Crippen LogP contribution in [0.4, 0.5) is 11.5 Å². The minimum atomic E-state index is -0.224. The number of hydrogen-bond donors (Lipinski definition) is 3. The first-order chi connectivity index (χ1) is 8.22. The Morgan fingerprint density at radius 1 is 1.41 bits per heavy atom. The van der Waals surface area contributed by atoms with Gasteiger partial charge in [0, 0.05) is 0 Å². The van der Waals surface area contributed by atoms with E-state index in [-0.39, 0.29) is 11.7 Å². The molecular formula is C11H12N4OS. The van der Waals surface area contributed by atoms with Crippen LogP contribution in [-0.2, 0) is 4.79 Å². The second kappa shape index (κ2) is 4.92. The van der Waals surface area contributed by atoms with Gasteiger partial charge in [0.05, 0.1) is 23.3 Å². The van der Waals surface area contributed by atoms with Crippen LogP contribution in [0.2, 0.25) is 0 Å². The van der Waals surface area contributed by atoms with E-state index < -0.39 is 0 Å². The average molecular weight is 248 g/mol. The summed E-state index contributed by atoms with van der Waals surface area (Å²) in [7, 11) is 0. The molecule has 2 aromatic rings. The zero-order chi connectivity index (χ0) is 12.3. The lowest BCUT2D eigenvalue weighted by molar-refractivity contribution is -0.113. The number of aromatic nitrogens is 2. The summed E-state index contributed by atoms with van der Waals surface area (Å²) in [5.41, 5.74) is 7.01. The van der Waals surface area contributed by atoms with Gasteiger partial charge in [-0.25, -0.2) is 4.68 Å². The highest BCUT2D eigenvalue weighted by Gasteiger charge is 2.11. The van der Waals surface area contributed by atoms with Gasteiger partial charge in [-0.2, -0.15) is 17.7 Å². The first kappa shape index (κ1) is 11.5. The van der Waals surface area contributed by atoms with Crippen LogP contribution >= 0.6 is 12.6 Å². The maximum absolute atomic E-state index is 11.3. The zero-order valence-corrected chi connectivity index (χ0v) is 9.89. The van der Waals surface area contributed by atoms with Gasteiger partial charge in [-0.1, -0.05) is 18.2 Å². The highest BCUT2D eigenvalue weighted by atomic mass is 32.1. The number of thiol groups is 1. The van der Waals surface area contributed by atoms with Crippen molar-refractivity contribution in [3.63, 3.8) is 0 Å². The number of carbonyl (C=O) groups is 1. The average Bonchev–Trinajstić information content (AvgIpc) is 2.72. The first-order valence-electron chi connectivity index (χ1n) is 5.02. The molecule has 3 N–H and O–H groups in total. The monoisotopic (exact) mass is 248 g/mol. The summed E-state index contributed by atoms with van der Waals surface area (Å²) in [6.07, 6.45) is 1.50. The lowest BCUT2D eigenvalue weighted by Gasteiger charge is -2.08. The molecule has 0 bridgehead atoms. The summed E-state index contributed by atoms with van der Waals surface area (Å²) >= 11 is 3.90. The molecule has 1 aromatic carbocycles. The molecule has 88 valence electrons. The van der Waals surface area contributed by atoms with Crippen LogP contribution in [0.5, 0.6) is 0 Å². The van der Waals surface area contributed by atoms with Crippen molar-refractivity contribution >= 4 is 30.0 Å². The highest BCUT2D eigenvalue weighted by molar-refractivity contribution is 7.81. The molecule has 1 amide bonds. The fourth-order valence-electron chi connectivity index (χ4n) is 1.42. The van der Waals surface area contributed by atoms with E-state index in [0.717, 1.165) is 5.69 Å². The summed E-state index contributed by atoms with van der Waals surface area (Å²) in [6.45, 7) is 0. The Hall–Kier alpha value is -1.95. The molecule has 0 spiro atoms. The molecule has 0 fully saturated rings. The van der Waals surface area contributed by atoms with Gasteiger partial charge in [0.25, 0.3) is 0 Å². The van der Waals surface area contributed by atoms with E-state index in [4.69, 9.17) is 5.73 Å². The van der Waals surface area contributed by atoms with Crippen molar-refractivity contribution in [2.45, 2.75) is 0 Å². The summed E-state index contributed by atoms with van der Waals surface area (Å²) in [5.74, 6) is 0.340. The normalized spacial score (nSPS) is 10.2. The number of anilines is 2. The number of nitrogens with two attached hydrogens (primary N) is 1. The predicted octanol–water partition coefficient (Wildman–Crippen LogP) is 1.32. The van der Waals surface area contributed by atoms with Crippen LogP contribution in [0.3, 0.4) is 0 Å². The van der Waals surface area contributed by atoms with Gasteiger partial charge >= 0.3 is 0 Å². The van der Waals surface area contributed by atoms with E-state index in [2.05, 4.69) is 23.0 Å². The molecule has 1 aromatic heterocycles. The Morgan fingerprint density at radius 2 is 2.12 bits per heavy atom. The summed E-state index contributed by atoms with van der Waals surface area (Å²) < 4.78 is 1.58. The van der Waals surface area contributed by atoms with Crippen LogP contribution < -0.4 is 11.1 Å². The minimum absolute atomic E-state index is 0.0966. The van der Waals surface area contributed by atoms with Gasteiger partial charge in [0.1, 0.15) is 0 Å². The molecule has 0 atom stereocenters. The standard InChI is InChI=1S/C11H12N4OS/c12-9-6-13-15(8-4-2-1-3-5-8)11(9)14-10(16)7-17/h1-6,17H,7,12H2,(H,14,16). The number of hydrogen-bond acceptors (Lipinski definition) is 4. The van der Waals surface area contributed by atoms with Crippen LogP contribution in [0.25, 0.3) is 5.69 Å². The van der Waals surface area contributed by atoms with E-state index in [0.29, 0.717) is 11.5 Å². The zero-order valence-electron chi connectivity index (χ0n) is 9.00. The largest absolute Gasteiger partial charge is 0.394 e. The Morgan fingerprint density at radius 3 is 2.76 bits per heavy atom. The molecule has 1 heterocycles. The van der Waals surface area contributed by atoms with Crippen molar-refractivity contribution in [1.82, 2.24) is 9.78 Å². The molecule has 0 unspecified atom stereocenters. The number of nitrogens with one attached hydrogen (secondary N) is 1. The van der Waals surface area contributed by atoms with E-state index in [1.54, 1.807) is 4.68 Å². The lowest BCUT2D eigenvalue weighted by Crippen LogP contribution is -2.16. The number of nitrogens with zero attached hydrogens (tertiary/aromatic N) is 2. The number of benzene rings is 1. The number of amides is 1. The highest BCUT2D eigenvalue weighted by Crippen LogP contribution is 2.21. The first-order valence-corrected chi connectivity index (χ1v) is 5.65. The van der Waals surface area contributed by atoms with Gasteiger partial charge in [0.2, 0.25) is 5.91 Å². The lowest BCUT2D eigenvalue weighted by atomic mass is 10.3. The van der Waals surface area contributed by atoms with E-state index in [1.165, 1.54) is 6.20 Å². The van der Waals surface area contributed by atoms with Crippen molar-refractivity contribution in [1.29, 1.82) is 0 Å². The van der Waals surface area contributed by atoms with Crippen molar-refractivity contribution in [2.24, 2.45) is 0 Å². The van der Waals surface area contributed by atoms with Crippen molar-refractivity contribution < 1.29 is 4.79 Å². The van der Waals surface area contributed by atoms with Gasteiger partial charge in [-0.15, -0.1) is 0 Å². The molecular weight excluding hydrogens is 236 g/mol. The summed E-state index contributed by atoms with van der Waals surface area (Å²) in [6, 6.07) is 9.43. The minimum Gasteiger partial charge on any atom is -0.394 e. The van der Waals surface area contributed by atoms with Crippen molar-refractivity contribution in [3.8, 4) is 5.69 Å². The number of rotatable bonds is 3. The van der Waals surface area contributed by atoms with Gasteiger partial charge in [0.15, 0.2) is 5.82 Å². The van der Waals surface area contributed by atoms with Crippen molar-refractivity contribution in [3.05, 3.63) is 36.5 Å². The maximum atomic E-state index is 11.3. The third-order valence-corrected chi connectivity index (χ3v) is 2.49.